The van der Waals surface area contributed by atoms with Gasteiger partial charge in [0.25, 0.3) is 0 Å². The van der Waals surface area contributed by atoms with Crippen LogP contribution >= 0.6 is 0 Å². The predicted octanol–water partition coefficient (Wildman–Crippen LogP) is -1.91. The Hall–Kier alpha value is 0.471. The molecule has 0 aliphatic rings. The third-order valence-electron chi connectivity index (χ3n) is 2.15. The van der Waals surface area contributed by atoms with Crippen LogP contribution in [-0.2, 0) is 6.54 Å². The molecular formula is C8H11BF3KN2. The molecule has 0 heterocycles. The number of hydrogen-bond donors (Lipinski definition) is 2. The fourth-order valence-electron chi connectivity index (χ4n) is 1.38. The van der Waals surface area contributed by atoms with E-state index in [0.29, 0.717) is 5.56 Å². The van der Waals surface area contributed by atoms with Crippen LogP contribution in [-0.4, -0.2) is 6.98 Å². The summed E-state index contributed by atoms with van der Waals surface area (Å²) in [6, 6.07) is 2.43. The number of rotatable bonds is 2. The largest absolute Gasteiger partial charge is 1.00 e. The summed E-state index contributed by atoms with van der Waals surface area (Å²) >= 11 is 0. The van der Waals surface area contributed by atoms with Crippen LogP contribution in [0.5, 0.6) is 0 Å². The second-order valence-electron chi connectivity index (χ2n) is 3.17. The average molecular weight is 242 g/mol. The molecule has 1 rings (SSSR count). The van der Waals surface area contributed by atoms with E-state index in [2.05, 4.69) is 0 Å². The molecule has 0 saturated heterocycles. The van der Waals surface area contributed by atoms with Crippen LogP contribution in [0.3, 0.4) is 0 Å². The van der Waals surface area contributed by atoms with Gasteiger partial charge in [-0.2, -0.15) is 0 Å². The minimum absolute atomic E-state index is 0. The van der Waals surface area contributed by atoms with E-state index in [1.165, 1.54) is 13.0 Å². The normalized spacial score (nSPS) is 11.0. The van der Waals surface area contributed by atoms with Crippen LogP contribution in [0.1, 0.15) is 11.1 Å². The van der Waals surface area contributed by atoms with Crippen molar-refractivity contribution in [2.75, 3.05) is 5.73 Å². The Morgan fingerprint density at radius 1 is 1.27 bits per heavy atom. The van der Waals surface area contributed by atoms with Gasteiger partial charge in [0, 0.05) is 12.2 Å². The van der Waals surface area contributed by atoms with E-state index in [1.807, 2.05) is 0 Å². The van der Waals surface area contributed by atoms with Gasteiger partial charge in [-0.1, -0.05) is 11.6 Å². The minimum atomic E-state index is -5.01. The van der Waals surface area contributed by atoms with Crippen molar-refractivity contribution >= 4 is 18.1 Å². The fraction of sp³-hybridized carbons (Fsp3) is 0.250. The van der Waals surface area contributed by atoms with Gasteiger partial charge >= 0.3 is 58.4 Å². The Morgan fingerprint density at radius 2 is 1.80 bits per heavy atom. The zero-order chi connectivity index (χ0) is 10.9. The van der Waals surface area contributed by atoms with Crippen molar-refractivity contribution in [3.8, 4) is 0 Å². The molecule has 0 fully saturated rings. The maximum Gasteiger partial charge on any atom is 1.00 e. The van der Waals surface area contributed by atoms with Gasteiger partial charge in [0.1, 0.15) is 0 Å². The second kappa shape index (κ2) is 5.70. The topological polar surface area (TPSA) is 52.0 Å². The standard InChI is InChI=1S/C8H11BF3N2.K/c1-5-6(4-13)2-7(14)3-8(5)9(10,11)12;/h2-3H,4,13-14H2,1H3;/q-1;+1. The molecule has 0 aromatic heterocycles. The molecular weight excluding hydrogens is 231 g/mol. The van der Waals surface area contributed by atoms with E-state index in [0.717, 1.165) is 6.07 Å². The van der Waals surface area contributed by atoms with Crippen LogP contribution in [0.15, 0.2) is 12.1 Å². The van der Waals surface area contributed by atoms with Crippen LogP contribution in [0, 0.1) is 6.92 Å². The van der Waals surface area contributed by atoms with Crippen molar-refractivity contribution in [1.29, 1.82) is 0 Å². The molecule has 0 aliphatic carbocycles. The predicted molar refractivity (Wildman–Crippen MR) is 52.2 cm³/mol. The molecule has 2 nitrogen and oxygen atoms in total. The van der Waals surface area contributed by atoms with Gasteiger partial charge in [0.05, 0.1) is 0 Å². The van der Waals surface area contributed by atoms with Crippen LogP contribution in [0.25, 0.3) is 0 Å². The number of hydrogen-bond acceptors (Lipinski definition) is 2. The molecule has 0 aliphatic heterocycles. The Kier molecular flexibility index (Phi) is 5.88. The first-order chi connectivity index (χ1) is 6.36. The van der Waals surface area contributed by atoms with Crippen LogP contribution in [0.2, 0.25) is 0 Å². The molecule has 1 aromatic carbocycles. The molecule has 0 saturated carbocycles. The molecule has 4 N–H and O–H groups in total. The van der Waals surface area contributed by atoms with Gasteiger partial charge in [-0.25, -0.2) is 0 Å². The molecule has 78 valence electrons. The molecule has 15 heavy (non-hydrogen) atoms. The number of benzene rings is 1. The van der Waals surface area contributed by atoms with Gasteiger partial charge in [-0.15, -0.1) is 5.46 Å². The van der Waals surface area contributed by atoms with E-state index >= 15 is 0 Å². The third-order valence-corrected chi connectivity index (χ3v) is 2.15. The van der Waals surface area contributed by atoms with Crippen molar-refractivity contribution < 1.29 is 64.3 Å². The van der Waals surface area contributed by atoms with Crippen molar-refractivity contribution in [1.82, 2.24) is 0 Å². The molecule has 1 aromatic rings. The molecule has 0 atom stereocenters. The van der Waals surface area contributed by atoms with Gasteiger partial charge in [0.2, 0.25) is 0 Å². The maximum absolute atomic E-state index is 12.5. The minimum Gasteiger partial charge on any atom is -0.445 e. The Morgan fingerprint density at radius 3 is 2.20 bits per heavy atom. The summed E-state index contributed by atoms with van der Waals surface area (Å²) in [5.74, 6) is 0. The van der Waals surface area contributed by atoms with E-state index in [4.69, 9.17) is 11.5 Å². The second-order valence-corrected chi connectivity index (χ2v) is 3.17. The summed E-state index contributed by atoms with van der Waals surface area (Å²) in [6.45, 7) is -3.54. The van der Waals surface area contributed by atoms with Crippen LogP contribution in [0.4, 0.5) is 18.6 Å². The summed E-state index contributed by atoms with van der Waals surface area (Å²) in [5.41, 5.74) is 10.7. The summed E-state index contributed by atoms with van der Waals surface area (Å²) in [6.07, 6.45) is 0. The smallest absolute Gasteiger partial charge is 0.445 e. The Labute approximate surface area is 129 Å². The SMILES string of the molecule is Cc1c(CN)cc(N)cc1[B-](F)(F)F.[K+]. The molecule has 0 amide bonds. The molecule has 0 radical (unpaired) electrons. The number of nitrogen functional groups attached to an aromatic ring is 1. The van der Waals surface area contributed by atoms with E-state index in [1.54, 1.807) is 0 Å². The Balaban J connectivity index is 0.00000196. The van der Waals surface area contributed by atoms with Gasteiger partial charge < -0.3 is 24.4 Å². The summed E-state index contributed by atoms with van der Waals surface area (Å²) in [4.78, 5) is 0. The van der Waals surface area contributed by atoms with E-state index < -0.39 is 12.4 Å². The molecule has 7 heteroatoms. The summed E-state index contributed by atoms with van der Waals surface area (Å²) in [7, 11) is 0. The molecule has 0 unspecified atom stereocenters. The first-order valence-corrected chi connectivity index (χ1v) is 4.15. The number of halogens is 3. The zero-order valence-corrected chi connectivity index (χ0v) is 11.9. The van der Waals surface area contributed by atoms with Crippen LogP contribution < -0.4 is 68.3 Å². The Bertz CT molecular complexity index is 354. The number of nitrogens with two attached hydrogens (primary N) is 2. The quantitative estimate of drug-likeness (QED) is 0.470. The van der Waals surface area contributed by atoms with Crippen molar-refractivity contribution in [3.05, 3.63) is 23.3 Å². The number of anilines is 1. The summed E-state index contributed by atoms with van der Waals surface area (Å²) < 4.78 is 37.5. The van der Waals surface area contributed by atoms with Crippen molar-refractivity contribution in [2.24, 2.45) is 5.73 Å². The van der Waals surface area contributed by atoms with Crippen molar-refractivity contribution in [2.45, 2.75) is 13.5 Å². The van der Waals surface area contributed by atoms with Crippen molar-refractivity contribution in [3.63, 3.8) is 0 Å². The van der Waals surface area contributed by atoms with E-state index in [-0.39, 0.29) is 69.2 Å². The first kappa shape index (κ1) is 15.5. The van der Waals surface area contributed by atoms with Gasteiger partial charge in [-0.05, 0) is 18.6 Å². The zero-order valence-electron chi connectivity index (χ0n) is 8.73. The molecule has 0 spiro atoms. The average Bonchev–Trinajstić information content (AvgIpc) is 2.06. The first-order valence-electron chi connectivity index (χ1n) is 4.15. The summed E-state index contributed by atoms with van der Waals surface area (Å²) in [5, 5.41) is 0. The fourth-order valence-corrected chi connectivity index (χ4v) is 1.38. The maximum atomic E-state index is 12.5. The van der Waals surface area contributed by atoms with E-state index in [9.17, 15) is 12.9 Å². The van der Waals surface area contributed by atoms with Gasteiger partial charge in [-0.3, -0.25) is 0 Å². The van der Waals surface area contributed by atoms with Gasteiger partial charge in [0.15, 0.2) is 0 Å². The monoisotopic (exact) mass is 242 g/mol. The molecule has 0 bridgehead atoms. The third kappa shape index (κ3) is 3.76.